The zero-order valence-corrected chi connectivity index (χ0v) is 15.0. The van der Waals surface area contributed by atoms with Crippen LogP contribution in [0.25, 0.3) is 0 Å². The predicted molar refractivity (Wildman–Crippen MR) is 79.8 cm³/mol. The Morgan fingerprint density at radius 2 is 1.18 bits per heavy atom. The molecule has 0 fully saturated rings. The van der Waals surface area contributed by atoms with Gasteiger partial charge >= 0.3 is 39.1 Å². The standard InChI is InChI=1S/C7H6F10O3S.C6H11N/c1-2-3(8,9)4(10,11)5(12,13)6(14,15)7(16,17)21(18,19)20;1-3-5-7-6-4-2/h2H2,1H3,(H,18,19,20);3-4,7H,1-2,5-6H2. The summed E-state index contributed by atoms with van der Waals surface area (Å²) in [6.45, 7) is 8.98. The highest BCUT2D eigenvalue weighted by Crippen LogP contribution is 2.58. The lowest BCUT2D eigenvalue weighted by atomic mass is 9.97. The summed E-state index contributed by atoms with van der Waals surface area (Å²) in [5.41, 5.74) is 0. The molecule has 0 amide bonds. The zero-order chi connectivity index (χ0) is 23.2. The third-order valence-corrected chi connectivity index (χ3v) is 3.86. The van der Waals surface area contributed by atoms with E-state index in [-0.39, 0.29) is 6.92 Å². The molecule has 0 rings (SSSR count). The summed E-state index contributed by atoms with van der Waals surface area (Å²) in [6, 6.07) is 0. The van der Waals surface area contributed by atoms with Crippen molar-refractivity contribution in [1.29, 1.82) is 0 Å². The minimum Gasteiger partial charge on any atom is -0.310 e. The van der Waals surface area contributed by atoms with E-state index < -0.39 is 45.5 Å². The van der Waals surface area contributed by atoms with Crippen molar-refractivity contribution in [1.82, 2.24) is 5.32 Å². The third kappa shape index (κ3) is 5.37. The summed E-state index contributed by atoms with van der Waals surface area (Å²) >= 11 is 0. The highest BCUT2D eigenvalue weighted by Gasteiger charge is 2.88. The van der Waals surface area contributed by atoms with Gasteiger partial charge in [-0.25, -0.2) is 0 Å². The second-order valence-corrected chi connectivity index (χ2v) is 6.47. The van der Waals surface area contributed by atoms with Crippen molar-refractivity contribution in [2.45, 2.75) is 42.3 Å². The third-order valence-electron chi connectivity index (χ3n) is 2.96. The first-order valence-corrected chi connectivity index (χ1v) is 8.45. The quantitative estimate of drug-likeness (QED) is 0.221. The summed E-state index contributed by atoms with van der Waals surface area (Å²) < 4.78 is 155. The monoisotopic (exact) mass is 457 g/mol. The van der Waals surface area contributed by atoms with E-state index in [2.05, 4.69) is 18.5 Å². The largest absolute Gasteiger partial charge is 0.438 e. The number of nitrogens with one attached hydrogen (secondary N) is 1. The topological polar surface area (TPSA) is 66.4 Å². The summed E-state index contributed by atoms with van der Waals surface area (Å²) in [5.74, 6) is -27.9. The van der Waals surface area contributed by atoms with Gasteiger partial charge < -0.3 is 5.32 Å². The minimum atomic E-state index is -7.52. The van der Waals surface area contributed by atoms with E-state index >= 15 is 0 Å². The maximum absolute atomic E-state index is 12.9. The molecule has 0 radical (unpaired) electrons. The van der Waals surface area contributed by atoms with Gasteiger partial charge in [0.2, 0.25) is 0 Å². The molecule has 0 atom stereocenters. The van der Waals surface area contributed by atoms with Crippen molar-refractivity contribution in [2.24, 2.45) is 0 Å². The van der Waals surface area contributed by atoms with Crippen LogP contribution in [0.2, 0.25) is 0 Å². The number of alkyl halides is 10. The molecule has 0 spiro atoms. The fourth-order valence-corrected chi connectivity index (χ4v) is 1.73. The van der Waals surface area contributed by atoms with Crippen molar-refractivity contribution < 1.29 is 56.9 Å². The molecule has 0 aliphatic heterocycles. The Labute approximate surface area is 154 Å². The number of hydrogen-bond donors (Lipinski definition) is 2. The Hall–Kier alpha value is -1.35. The molecule has 168 valence electrons. The van der Waals surface area contributed by atoms with Gasteiger partial charge in [-0.15, -0.1) is 13.2 Å². The van der Waals surface area contributed by atoms with Gasteiger partial charge in [-0.1, -0.05) is 19.1 Å². The fourth-order valence-electron chi connectivity index (χ4n) is 1.28. The fraction of sp³-hybridized carbons (Fsp3) is 0.692. The molecule has 0 aromatic rings. The van der Waals surface area contributed by atoms with Gasteiger partial charge in [0.15, 0.2) is 0 Å². The summed E-state index contributed by atoms with van der Waals surface area (Å²) in [7, 11) is -7.30. The molecule has 2 N–H and O–H groups in total. The normalized spacial score (nSPS) is 14.1. The molecule has 0 unspecified atom stereocenters. The highest BCUT2D eigenvalue weighted by molar-refractivity contribution is 7.87. The zero-order valence-electron chi connectivity index (χ0n) is 14.1. The number of halogens is 10. The van der Waals surface area contributed by atoms with E-state index in [1.165, 1.54) is 0 Å². The smallest absolute Gasteiger partial charge is 0.310 e. The van der Waals surface area contributed by atoms with Gasteiger partial charge in [0.05, 0.1) is 0 Å². The Bertz CT molecular complexity index is 626. The molecule has 0 bridgehead atoms. The lowest BCUT2D eigenvalue weighted by molar-refractivity contribution is -0.390. The molecule has 15 heteroatoms. The van der Waals surface area contributed by atoms with Crippen LogP contribution >= 0.6 is 0 Å². The Balaban J connectivity index is 0. The van der Waals surface area contributed by atoms with E-state index in [1.54, 1.807) is 0 Å². The highest BCUT2D eigenvalue weighted by atomic mass is 32.2. The van der Waals surface area contributed by atoms with Crippen LogP contribution in [0.1, 0.15) is 13.3 Å². The van der Waals surface area contributed by atoms with Crippen LogP contribution in [-0.4, -0.2) is 55.0 Å². The van der Waals surface area contributed by atoms with Gasteiger partial charge in [0.1, 0.15) is 0 Å². The molecular formula is C13H17F10NO3S. The van der Waals surface area contributed by atoms with E-state index in [1.807, 2.05) is 12.2 Å². The lowest BCUT2D eigenvalue weighted by Gasteiger charge is -2.38. The van der Waals surface area contributed by atoms with Crippen molar-refractivity contribution in [3.63, 3.8) is 0 Å². The van der Waals surface area contributed by atoms with Crippen LogP contribution in [0.4, 0.5) is 43.9 Å². The number of rotatable bonds is 10. The SMILES string of the molecule is C=CCNCC=C.CCC(F)(F)C(F)(F)C(F)(F)C(F)(F)C(F)(F)S(=O)(=O)O. The van der Waals surface area contributed by atoms with Crippen LogP contribution in [0.15, 0.2) is 25.3 Å². The van der Waals surface area contributed by atoms with Gasteiger partial charge in [0.25, 0.3) is 0 Å². The average Bonchev–Trinajstić information content (AvgIpc) is 2.54. The van der Waals surface area contributed by atoms with Crippen molar-refractivity contribution >= 4 is 10.1 Å². The summed E-state index contributed by atoms with van der Waals surface area (Å²) in [6.07, 6.45) is 1.51. The summed E-state index contributed by atoms with van der Waals surface area (Å²) in [4.78, 5) is 0. The Kier molecular flexibility index (Phi) is 9.72. The van der Waals surface area contributed by atoms with E-state index in [4.69, 9.17) is 4.55 Å². The van der Waals surface area contributed by atoms with Crippen molar-refractivity contribution in [3.05, 3.63) is 25.3 Å². The minimum absolute atomic E-state index is 0.170. The van der Waals surface area contributed by atoms with Crippen LogP contribution in [0.3, 0.4) is 0 Å². The maximum atomic E-state index is 12.9. The molecule has 0 heterocycles. The molecule has 4 nitrogen and oxygen atoms in total. The second-order valence-electron chi connectivity index (χ2n) is 5.01. The molecule has 0 saturated heterocycles. The van der Waals surface area contributed by atoms with Gasteiger partial charge in [0, 0.05) is 19.5 Å². The van der Waals surface area contributed by atoms with E-state index in [0.29, 0.717) is 0 Å². The van der Waals surface area contributed by atoms with Crippen LogP contribution < -0.4 is 5.32 Å². The molecule has 0 aromatic carbocycles. The second kappa shape index (κ2) is 9.43. The number of hydrogen-bond acceptors (Lipinski definition) is 3. The summed E-state index contributed by atoms with van der Waals surface area (Å²) in [5, 5.41) is -4.08. The van der Waals surface area contributed by atoms with Crippen molar-refractivity contribution in [2.75, 3.05) is 13.1 Å². The van der Waals surface area contributed by atoms with Gasteiger partial charge in [-0.2, -0.15) is 52.3 Å². The van der Waals surface area contributed by atoms with Gasteiger partial charge in [-0.3, -0.25) is 4.55 Å². The lowest BCUT2D eigenvalue weighted by Crippen LogP contribution is -2.68. The van der Waals surface area contributed by atoms with Crippen LogP contribution in [0.5, 0.6) is 0 Å². The van der Waals surface area contributed by atoms with Crippen molar-refractivity contribution in [3.8, 4) is 0 Å². The molecular weight excluding hydrogens is 440 g/mol. The molecule has 28 heavy (non-hydrogen) atoms. The molecule has 0 aliphatic rings. The van der Waals surface area contributed by atoms with E-state index in [9.17, 15) is 52.3 Å². The van der Waals surface area contributed by atoms with Crippen LogP contribution in [-0.2, 0) is 10.1 Å². The molecule has 0 saturated carbocycles. The average molecular weight is 457 g/mol. The molecule has 0 aliphatic carbocycles. The maximum Gasteiger partial charge on any atom is 0.438 e. The Morgan fingerprint density at radius 1 is 0.821 bits per heavy atom. The first-order valence-electron chi connectivity index (χ1n) is 7.01. The first-order chi connectivity index (χ1) is 12.2. The van der Waals surface area contributed by atoms with Crippen LogP contribution in [0, 0.1) is 0 Å². The van der Waals surface area contributed by atoms with E-state index in [0.717, 1.165) is 13.1 Å². The Morgan fingerprint density at radius 3 is 1.43 bits per heavy atom. The first kappa shape index (κ1) is 28.9. The molecule has 0 aromatic heterocycles. The van der Waals surface area contributed by atoms with Gasteiger partial charge in [-0.05, 0) is 0 Å². The predicted octanol–water partition coefficient (Wildman–Crippen LogP) is 4.37.